The number of likely N-dealkylation sites (tertiary alicyclic amines) is 1. The molecular weight excluding hydrogens is 383 g/mol. The minimum absolute atomic E-state index is 0.105. The predicted octanol–water partition coefficient (Wildman–Crippen LogP) is 3.66. The fraction of sp³-hybridized carbons (Fsp3) is 0.333. The zero-order chi connectivity index (χ0) is 20.1. The molecule has 2 N–H and O–H groups in total. The van der Waals surface area contributed by atoms with Gasteiger partial charge in [-0.1, -0.05) is 17.7 Å². The van der Waals surface area contributed by atoms with E-state index >= 15 is 0 Å². The molecule has 5 nitrogen and oxygen atoms in total. The highest BCUT2D eigenvalue weighted by Crippen LogP contribution is 2.35. The minimum atomic E-state index is -0.591. The maximum Gasteiger partial charge on any atom is 0.253 e. The summed E-state index contributed by atoms with van der Waals surface area (Å²) in [6.07, 6.45) is 1.52. The van der Waals surface area contributed by atoms with Crippen molar-refractivity contribution in [1.82, 2.24) is 4.90 Å². The number of amides is 2. The molecule has 148 valence electrons. The highest BCUT2D eigenvalue weighted by Gasteiger charge is 2.39. The second kappa shape index (κ2) is 8.61. The van der Waals surface area contributed by atoms with Crippen molar-refractivity contribution in [2.75, 3.05) is 19.7 Å². The van der Waals surface area contributed by atoms with Crippen molar-refractivity contribution in [2.45, 2.75) is 19.3 Å². The van der Waals surface area contributed by atoms with E-state index in [1.165, 1.54) is 18.2 Å². The van der Waals surface area contributed by atoms with Crippen molar-refractivity contribution in [2.24, 2.45) is 11.1 Å². The fourth-order valence-corrected chi connectivity index (χ4v) is 3.76. The Bertz CT molecular complexity index is 859. The quantitative estimate of drug-likeness (QED) is 0.798. The number of benzene rings is 2. The zero-order valence-corrected chi connectivity index (χ0v) is 16.1. The average molecular weight is 405 g/mol. The Labute approximate surface area is 168 Å². The lowest BCUT2D eigenvalue weighted by Gasteiger charge is -2.42. The Hall–Kier alpha value is -2.60. The molecule has 1 fully saturated rings. The normalized spacial score (nSPS) is 19.3. The molecule has 1 heterocycles. The van der Waals surface area contributed by atoms with E-state index in [0.717, 1.165) is 0 Å². The highest BCUT2D eigenvalue weighted by molar-refractivity contribution is 6.30. The number of hydrogen-bond acceptors (Lipinski definition) is 3. The molecule has 0 spiro atoms. The van der Waals surface area contributed by atoms with Gasteiger partial charge in [0.2, 0.25) is 5.91 Å². The monoisotopic (exact) mass is 404 g/mol. The maximum atomic E-state index is 13.5. The standard InChI is InChI=1S/C21H22ClFN2O3/c22-16-5-7-18(8-6-16)28-14-21(12-19(24)26)9-2-10-25(13-21)20(27)15-3-1-4-17(23)11-15/h1,3-8,11H,2,9-10,12-14H2,(H2,24,26). The lowest BCUT2D eigenvalue weighted by Crippen LogP contribution is -2.50. The number of ether oxygens (including phenoxy) is 1. The summed E-state index contributed by atoms with van der Waals surface area (Å²) in [5.41, 5.74) is 5.18. The Kier molecular flexibility index (Phi) is 6.19. The second-order valence-electron chi connectivity index (χ2n) is 7.23. The van der Waals surface area contributed by atoms with Crippen LogP contribution >= 0.6 is 11.6 Å². The van der Waals surface area contributed by atoms with Crippen LogP contribution < -0.4 is 10.5 Å². The van der Waals surface area contributed by atoms with Gasteiger partial charge < -0.3 is 15.4 Å². The number of piperidine rings is 1. The fourth-order valence-electron chi connectivity index (χ4n) is 3.64. The van der Waals surface area contributed by atoms with Crippen LogP contribution in [0.4, 0.5) is 4.39 Å². The summed E-state index contributed by atoms with van der Waals surface area (Å²) in [7, 11) is 0. The maximum absolute atomic E-state index is 13.5. The highest BCUT2D eigenvalue weighted by atomic mass is 35.5. The molecule has 7 heteroatoms. The third kappa shape index (κ3) is 5.01. The van der Waals surface area contributed by atoms with Crippen LogP contribution in [0.3, 0.4) is 0 Å². The lowest BCUT2D eigenvalue weighted by atomic mass is 9.77. The number of nitrogens with two attached hydrogens (primary N) is 1. The number of halogens is 2. The molecule has 2 amide bonds. The number of hydrogen-bond donors (Lipinski definition) is 1. The molecule has 1 aliphatic heterocycles. The van der Waals surface area contributed by atoms with Gasteiger partial charge in [-0.3, -0.25) is 9.59 Å². The van der Waals surface area contributed by atoms with Gasteiger partial charge in [-0.15, -0.1) is 0 Å². The summed E-state index contributed by atoms with van der Waals surface area (Å²) in [4.78, 5) is 26.2. The van der Waals surface area contributed by atoms with E-state index in [2.05, 4.69) is 0 Å². The molecule has 0 radical (unpaired) electrons. The first kappa shape index (κ1) is 20.1. The van der Waals surface area contributed by atoms with Gasteiger partial charge in [-0.25, -0.2) is 4.39 Å². The van der Waals surface area contributed by atoms with Crippen molar-refractivity contribution >= 4 is 23.4 Å². The van der Waals surface area contributed by atoms with Gasteiger partial charge in [-0.2, -0.15) is 0 Å². The first-order chi connectivity index (χ1) is 13.4. The Morgan fingerprint density at radius 2 is 1.96 bits per heavy atom. The Balaban J connectivity index is 1.76. The number of carbonyl (C=O) groups excluding carboxylic acids is 2. The van der Waals surface area contributed by atoms with Crippen LogP contribution in [0.2, 0.25) is 5.02 Å². The first-order valence-electron chi connectivity index (χ1n) is 9.08. The number of carbonyl (C=O) groups is 2. The summed E-state index contributed by atoms with van der Waals surface area (Å²) < 4.78 is 19.4. The van der Waals surface area contributed by atoms with Crippen LogP contribution in [-0.4, -0.2) is 36.4 Å². The Morgan fingerprint density at radius 3 is 2.64 bits per heavy atom. The predicted molar refractivity (Wildman–Crippen MR) is 105 cm³/mol. The molecule has 1 saturated heterocycles. The Morgan fingerprint density at radius 1 is 1.21 bits per heavy atom. The summed E-state index contributed by atoms with van der Waals surface area (Å²) in [6.45, 7) is 1.10. The SMILES string of the molecule is NC(=O)CC1(COc2ccc(Cl)cc2)CCCN(C(=O)c2cccc(F)c2)C1. The summed E-state index contributed by atoms with van der Waals surface area (Å²) in [6, 6.07) is 12.5. The zero-order valence-electron chi connectivity index (χ0n) is 15.4. The molecule has 0 bridgehead atoms. The third-order valence-corrected chi connectivity index (χ3v) is 5.18. The molecule has 1 atom stereocenters. The number of nitrogens with zero attached hydrogens (tertiary/aromatic N) is 1. The summed E-state index contributed by atoms with van der Waals surface area (Å²) >= 11 is 5.89. The van der Waals surface area contributed by atoms with E-state index in [-0.39, 0.29) is 24.5 Å². The smallest absolute Gasteiger partial charge is 0.253 e. The second-order valence-corrected chi connectivity index (χ2v) is 7.66. The molecule has 0 aromatic heterocycles. The van der Waals surface area contributed by atoms with Crippen molar-refractivity contribution < 1.29 is 18.7 Å². The van der Waals surface area contributed by atoms with Crippen LogP contribution in [0.15, 0.2) is 48.5 Å². The topological polar surface area (TPSA) is 72.6 Å². The van der Waals surface area contributed by atoms with Gasteiger partial charge in [0, 0.05) is 35.5 Å². The van der Waals surface area contributed by atoms with E-state index in [0.29, 0.717) is 36.7 Å². The molecule has 2 aromatic carbocycles. The number of primary amides is 1. The largest absolute Gasteiger partial charge is 0.493 e. The molecule has 1 aliphatic rings. The lowest BCUT2D eigenvalue weighted by molar-refractivity contribution is -0.122. The van der Waals surface area contributed by atoms with Gasteiger partial charge in [0.15, 0.2) is 0 Å². The van der Waals surface area contributed by atoms with Crippen LogP contribution in [0.25, 0.3) is 0 Å². The summed E-state index contributed by atoms with van der Waals surface area (Å²) in [5.74, 6) is -0.543. The molecule has 2 aromatic rings. The third-order valence-electron chi connectivity index (χ3n) is 4.93. The van der Waals surface area contributed by atoms with Gasteiger partial charge in [0.25, 0.3) is 5.91 Å². The molecule has 0 saturated carbocycles. The van der Waals surface area contributed by atoms with E-state index in [9.17, 15) is 14.0 Å². The van der Waals surface area contributed by atoms with Crippen LogP contribution in [-0.2, 0) is 4.79 Å². The minimum Gasteiger partial charge on any atom is -0.493 e. The van der Waals surface area contributed by atoms with E-state index in [1.54, 1.807) is 35.2 Å². The molecule has 3 rings (SSSR count). The van der Waals surface area contributed by atoms with Gasteiger partial charge in [-0.05, 0) is 55.3 Å². The van der Waals surface area contributed by atoms with Crippen molar-refractivity contribution in [3.63, 3.8) is 0 Å². The first-order valence-corrected chi connectivity index (χ1v) is 9.46. The van der Waals surface area contributed by atoms with Gasteiger partial charge in [0.1, 0.15) is 11.6 Å². The van der Waals surface area contributed by atoms with Gasteiger partial charge in [0.05, 0.1) is 6.61 Å². The number of rotatable bonds is 6. The van der Waals surface area contributed by atoms with Crippen LogP contribution in [0.5, 0.6) is 5.75 Å². The van der Waals surface area contributed by atoms with E-state index in [1.807, 2.05) is 0 Å². The molecule has 1 unspecified atom stereocenters. The van der Waals surface area contributed by atoms with Crippen LogP contribution in [0, 0.1) is 11.2 Å². The molecule has 28 heavy (non-hydrogen) atoms. The van der Waals surface area contributed by atoms with E-state index < -0.39 is 17.1 Å². The van der Waals surface area contributed by atoms with Gasteiger partial charge >= 0.3 is 0 Å². The summed E-state index contributed by atoms with van der Waals surface area (Å²) in [5, 5.41) is 0.601. The molecule has 0 aliphatic carbocycles. The molecular formula is C21H22ClFN2O3. The van der Waals surface area contributed by atoms with Crippen molar-refractivity contribution in [1.29, 1.82) is 0 Å². The van der Waals surface area contributed by atoms with Crippen molar-refractivity contribution in [3.8, 4) is 5.75 Å². The van der Waals surface area contributed by atoms with Crippen molar-refractivity contribution in [3.05, 3.63) is 64.9 Å². The van der Waals surface area contributed by atoms with E-state index in [4.69, 9.17) is 22.1 Å². The average Bonchev–Trinajstić information content (AvgIpc) is 2.67. The van der Waals surface area contributed by atoms with Crippen LogP contribution in [0.1, 0.15) is 29.6 Å².